The fourth-order valence-corrected chi connectivity index (χ4v) is 2.41. The topological polar surface area (TPSA) is 12.0 Å². The number of nitrogens with one attached hydrogen (secondary N) is 1. The third-order valence-corrected chi connectivity index (χ3v) is 3.96. The standard InChI is InChI=1S/C15H15BrClN/c1-10-9-12(5-8-14(10)17)15(18-2)11-3-6-13(16)7-4-11/h3-9,15,18H,1-2H3. The van der Waals surface area contributed by atoms with Gasteiger partial charge in [0.05, 0.1) is 6.04 Å². The Hall–Kier alpha value is -0.830. The van der Waals surface area contributed by atoms with E-state index in [0.29, 0.717) is 0 Å². The minimum absolute atomic E-state index is 0.189. The fourth-order valence-electron chi connectivity index (χ4n) is 2.03. The molecule has 0 spiro atoms. The first-order valence-electron chi connectivity index (χ1n) is 5.80. The summed E-state index contributed by atoms with van der Waals surface area (Å²) in [5.41, 5.74) is 3.57. The summed E-state index contributed by atoms with van der Waals surface area (Å²) in [6.07, 6.45) is 0. The highest BCUT2D eigenvalue weighted by Gasteiger charge is 2.12. The van der Waals surface area contributed by atoms with Crippen molar-refractivity contribution in [2.24, 2.45) is 0 Å². The van der Waals surface area contributed by atoms with Crippen LogP contribution in [0.4, 0.5) is 0 Å². The summed E-state index contributed by atoms with van der Waals surface area (Å²) < 4.78 is 1.09. The van der Waals surface area contributed by atoms with Gasteiger partial charge in [-0.3, -0.25) is 0 Å². The van der Waals surface area contributed by atoms with Gasteiger partial charge < -0.3 is 5.32 Å². The maximum absolute atomic E-state index is 6.07. The molecule has 0 saturated heterocycles. The van der Waals surface area contributed by atoms with Gasteiger partial charge in [-0.15, -0.1) is 0 Å². The molecule has 1 N–H and O–H groups in total. The molecule has 3 heteroatoms. The molecule has 0 amide bonds. The van der Waals surface area contributed by atoms with Gasteiger partial charge in [-0.1, -0.05) is 51.8 Å². The molecule has 0 aliphatic carbocycles. The van der Waals surface area contributed by atoms with Gasteiger partial charge in [0.1, 0.15) is 0 Å². The van der Waals surface area contributed by atoms with E-state index in [-0.39, 0.29) is 6.04 Å². The molecule has 2 aromatic carbocycles. The number of rotatable bonds is 3. The van der Waals surface area contributed by atoms with Crippen LogP contribution in [0.5, 0.6) is 0 Å². The molecule has 0 bridgehead atoms. The molecule has 2 aromatic rings. The quantitative estimate of drug-likeness (QED) is 0.861. The first kappa shape index (κ1) is 13.6. The SMILES string of the molecule is CNC(c1ccc(Br)cc1)c1ccc(Cl)c(C)c1. The molecule has 0 aromatic heterocycles. The third-order valence-electron chi connectivity index (χ3n) is 3.01. The summed E-state index contributed by atoms with van der Waals surface area (Å²) in [6, 6.07) is 14.7. The zero-order valence-corrected chi connectivity index (χ0v) is 12.7. The van der Waals surface area contributed by atoms with Crippen LogP contribution in [-0.4, -0.2) is 7.05 Å². The van der Waals surface area contributed by atoms with Crippen molar-refractivity contribution in [3.05, 3.63) is 68.7 Å². The minimum Gasteiger partial charge on any atom is -0.309 e. The van der Waals surface area contributed by atoms with E-state index in [2.05, 4.69) is 57.6 Å². The van der Waals surface area contributed by atoms with Crippen molar-refractivity contribution in [2.45, 2.75) is 13.0 Å². The van der Waals surface area contributed by atoms with E-state index in [1.807, 2.05) is 20.0 Å². The highest BCUT2D eigenvalue weighted by Crippen LogP contribution is 2.26. The Bertz CT molecular complexity index is 537. The molecular formula is C15H15BrClN. The van der Waals surface area contributed by atoms with Gasteiger partial charge in [0.15, 0.2) is 0 Å². The van der Waals surface area contributed by atoms with Crippen LogP contribution in [0.3, 0.4) is 0 Å². The van der Waals surface area contributed by atoms with Crippen molar-refractivity contribution in [1.29, 1.82) is 0 Å². The fraction of sp³-hybridized carbons (Fsp3) is 0.200. The first-order valence-corrected chi connectivity index (χ1v) is 6.97. The lowest BCUT2D eigenvalue weighted by atomic mass is 9.97. The van der Waals surface area contributed by atoms with E-state index in [1.54, 1.807) is 0 Å². The molecule has 94 valence electrons. The van der Waals surface area contributed by atoms with Crippen molar-refractivity contribution in [1.82, 2.24) is 5.32 Å². The Kier molecular flexibility index (Phi) is 4.44. The number of hydrogen-bond acceptors (Lipinski definition) is 1. The second-order valence-corrected chi connectivity index (χ2v) is 5.60. The van der Waals surface area contributed by atoms with Crippen molar-refractivity contribution in [3.63, 3.8) is 0 Å². The van der Waals surface area contributed by atoms with Crippen LogP contribution in [0.2, 0.25) is 5.02 Å². The molecule has 2 rings (SSSR count). The molecule has 0 fully saturated rings. The molecule has 1 atom stereocenters. The van der Waals surface area contributed by atoms with Crippen molar-refractivity contribution in [2.75, 3.05) is 7.05 Å². The summed E-state index contributed by atoms with van der Waals surface area (Å²) in [4.78, 5) is 0. The summed E-state index contributed by atoms with van der Waals surface area (Å²) in [6.45, 7) is 2.03. The smallest absolute Gasteiger partial charge is 0.0574 e. The van der Waals surface area contributed by atoms with Crippen molar-refractivity contribution in [3.8, 4) is 0 Å². The highest BCUT2D eigenvalue weighted by atomic mass is 79.9. The Morgan fingerprint density at radius 1 is 1.06 bits per heavy atom. The molecule has 18 heavy (non-hydrogen) atoms. The number of hydrogen-bond donors (Lipinski definition) is 1. The van der Waals surface area contributed by atoms with Gasteiger partial charge in [-0.05, 0) is 48.9 Å². The van der Waals surface area contributed by atoms with Crippen molar-refractivity contribution < 1.29 is 0 Å². The lowest BCUT2D eigenvalue weighted by Crippen LogP contribution is -2.17. The van der Waals surface area contributed by atoms with Crippen LogP contribution < -0.4 is 5.32 Å². The minimum atomic E-state index is 0.189. The molecule has 0 saturated carbocycles. The number of halogens is 2. The van der Waals surface area contributed by atoms with Gasteiger partial charge in [0.2, 0.25) is 0 Å². The van der Waals surface area contributed by atoms with E-state index >= 15 is 0 Å². The predicted octanol–water partition coefficient (Wildman–Crippen LogP) is 4.72. The second-order valence-electron chi connectivity index (χ2n) is 4.28. The van der Waals surface area contributed by atoms with Gasteiger partial charge in [0.25, 0.3) is 0 Å². The normalized spacial score (nSPS) is 12.4. The first-order chi connectivity index (χ1) is 8.61. The Labute approximate surface area is 121 Å². The molecular weight excluding hydrogens is 310 g/mol. The Morgan fingerprint density at radius 3 is 2.22 bits per heavy atom. The van der Waals surface area contributed by atoms with E-state index in [0.717, 1.165) is 15.1 Å². The number of aryl methyl sites for hydroxylation is 1. The zero-order chi connectivity index (χ0) is 13.1. The molecule has 0 aliphatic heterocycles. The van der Waals surface area contributed by atoms with Crippen LogP contribution in [0, 0.1) is 6.92 Å². The molecule has 1 unspecified atom stereocenters. The van der Waals surface area contributed by atoms with E-state index < -0.39 is 0 Å². The summed E-state index contributed by atoms with van der Waals surface area (Å²) in [5.74, 6) is 0. The van der Waals surface area contributed by atoms with Crippen LogP contribution in [0.15, 0.2) is 46.9 Å². The van der Waals surface area contributed by atoms with Gasteiger partial charge in [0, 0.05) is 9.50 Å². The lowest BCUT2D eigenvalue weighted by Gasteiger charge is -2.18. The average Bonchev–Trinajstić information content (AvgIpc) is 2.37. The summed E-state index contributed by atoms with van der Waals surface area (Å²) >= 11 is 9.52. The monoisotopic (exact) mass is 323 g/mol. The van der Waals surface area contributed by atoms with Gasteiger partial charge >= 0.3 is 0 Å². The third kappa shape index (κ3) is 2.94. The maximum Gasteiger partial charge on any atom is 0.0574 e. The zero-order valence-electron chi connectivity index (χ0n) is 10.4. The van der Waals surface area contributed by atoms with Gasteiger partial charge in [-0.25, -0.2) is 0 Å². The van der Waals surface area contributed by atoms with Crippen LogP contribution in [0.1, 0.15) is 22.7 Å². The summed E-state index contributed by atoms with van der Waals surface area (Å²) in [5, 5.41) is 4.15. The average molecular weight is 325 g/mol. The second kappa shape index (κ2) is 5.87. The molecule has 0 heterocycles. The Morgan fingerprint density at radius 2 is 1.67 bits per heavy atom. The molecule has 1 nitrogen and oxygen atoms in total. The van der Waals surface area contributed by atoms with Gasteiger partial charge in [-0.2, -0.15) is 0 Å². The molecule has 0 radical (unpaired) electrons. The van der Waals surface area contributed by atoms with E-state index in [4.69, 9.17) is 11.6 Å². The van der Waals surface area contributed by atoms with E-state index in [9.17, 15) is 0 Å². The lowest BCUT2D eigenvalue weighted by molar-refractivity contribution is 0.691. The van der Waals surface area contributed by atoms with Crippen molar-refractivity contribution >= 4 is 27.5 Å². The maximum atomic E-state index is 6.07. The summed E-state index contributed by atoms with van der Waals surface area (Å²) in [7, 11) is 1.97. The highest BCUT2D eigenvalue weighted by molar-refractivity contribution is 9.10. The van der Waals surface area contributed by atoms with E-state index in [1.165, 1.54) is 11.1 Å². The molecule has 0 aliphatic rings. The largest absolute Gasteiger partial charge is 0.309 e. The van der Waals surface area contributed by atoms with Crippen LogP contribution in [-0.2, 0) is 0 Å². The van der Waals surface area contributed by atoms with Crippen LogP contribution >= 0.6 is 27.5 Å². The number of benzene rings is 2. The van der Waals surface area contributed by atoms with Crippen LogP contribution in [0.25, 0.3) is 0 Å². The Balaban J connectivity index is 2.38. The predicted molar refractivity (Wildman–Crippen MR) is 81.2 cm³/mol.